The minimum atomic E-state index is -1.38. The molecule has 7 heteroatoms. The van der Waals surface area contributed by atoms with Crippen molar-refractivity contribution in [1.82, 2.24) is 10.2 Å². The fraction of sp³-hybridized carbons (Fsp3) is 0.778. The first-order chi connectivity index (χ1) is 7.24. The summed E-state index contributed by atoms with van der Waals surface area (Å²) in [7, 11) is 0. The van der Waals surface area contributed by atoms with Gasteiger partial charge in [0, 0.05) is 0 Å². The number of aliphatic hydroxyl groups is 2. The summed E-state index contributed by atoms with van der Waals surface area (Å²) in [6.45, 7) is 2.72. The molecule has 2 unspecified atom stereocenters. The van der Waals surface area contributed by atoms with Gasteiger partial charge < -0.3 is 25.5 Å². The molecule has 0 bridgehead atoms. The van der Waals surface area contributed by atoms with Crippen molar-refractivity contribution >= 4 is 12.0 Å². The summed E-state index contributed by atoms with van der Waals surface area (Å²) in [5.74, 6) is -1.15. The SMILES string of the molecule is CC(C)(NC(=O)N1CC(O)C(O)C1)C(=O)O. The molecule has 1 aliphatic heterocycles. The number of aliphatic hydroxyl groups excluding tert-OH is 2. The minimum absolute atomic E-state index is 0.00268. The topological polar surface area (TPSA) is 110 Å². The van der Waals surface area contributed by atoms with Gasteiger partial charge in [0.15, 0.2) is 0 Å². The number of nitrogens with zero attached hydrogens (tertiary/aromatic N) is 1. The molecule has 1 aliphatic rings. The van der Waals surface area contributed by atoms with Crippen molar-refractivity contribution in [3.05, 3.63) is 0 Å². The number of amides is 2. The Morgan fingerprint density at radius 1 is 1.25 bits per heavy atom. The fourth-order valence-corrected chi connectivity index (χ4v) is 1.34. The van der Waals surface area contributed by atoms with Crippen molar-refractivity contribution in [1.29, 1.82) is 0 Å². The zero-order valence-corrected chi connectivity index (χ0v) is 9.17. The van der Waals surface area contributed by atoms with E-state index >= 15 is 0 Å². The number of aliphatic carboxylic acids is 1. The molecule has 2 amide bonds. The molecular weight excluding hydrogens is 216 g/mol. The predicted octanol–water partition coefficient (Wildman–Crippen LogP) is -1.40. The van der Waals surface area contributed by atoms with Gasteiger partial charge in [-0.25, -0.2) is 9.59 Å². The average molecular weight is 232 g/mol. The molecule has 7 nitrogen and oxygen atoms in total. The van der Waals surface area contributed by atoms with Crippen LogP contribution in [0.1, 0.15) is 13.8 Å². The van der Waals surface area contributed by atoms with Crippen LogP contribution in [-0.4, -0.2) is 63.1 Å². The minimum Gasteiger partial charge on any atom is -0.480 e. The van der Waals surface area contributed by atoms with E-state index < -0.39 is 29.7 Å². The van der Waals surface area contributed by atoms with Gasteiger partial charge in [-0.3, -0.25) is 0 Å². The molecule has 0 aromatic rings. The molecule has 1 saturated heterocycles. The molecule has 4 N–H and O–H groups in total. The van der Waals surface area contributed by atoms with Crippen molar-refractivity contribution in [3.8, 4) is 0 Å². The zero-order chi connectivity index (χ0) is 12.5. The molecule has 2 atom stereocenters. The molecule has 0 saturated carbocycles. The van der Waals surface area contributed by atoms with Gasteiger partial charge in [0.1, 0.15) is 5.54 Å². The number of nitrogens with one attached hydrogen (secondary N) is 1. The number of rotatable bonds is 2. The molecule has 0 radical (unpaired) electrons. The molecule has 1 fully saturated rings. The Kier molecular flexibility index (Phi) is 3.39. The monoisotopic (exact) mass is 232 g/mol. The van der Waals surface area contributed by atoms with Crippen molar-refractivity contribution in [2.45, 2.75) is 31.6 Å². The quantitative estimate of drug-likeness (QED) is 0.468. The number of carboxylic acid groups (broad SMARTS) is 1. The van der Waals surface area contributed by atoms with Gasteiger partial charge in [-0.15, -0.1) is 0 Å². The summed E-state index contributed by atoms with van der Waals surface area (Å²) in [5.41, 5.74) is -1.38. The third kappa shape index (κ3) is 2.61. The third-order valence-corrected chi connectivity index (χ3v) is 2.50. The lowest BCUT2D eigenvalue weighted by Crippen LogP contribution is -2.54. The first kappa shape index (κ1) is 12.7. The fourth-order valence-electron chi connectivity index (χ4n) is 1.34. The number of carbonyl (C=O) groups excluding carboxylic acids is 1. The first-order valence-corrected chi connectivity index (χ1v) is 4.90. The summed E-state index contributed by atoms with van der Waals surface area (Å²) >= 11 is 0. The van der Waals surface area contributed by atoms with Gasteiger partial charge in [0.2, 0.25) is 0 Å². The number of β-amino-alcohol motifs (C(OH)–C–C–N with tert-alkyl or cyclic N) is 2. The highest BCUT2D eigenvalue weighted by molar-refractivity contribution is 5.85. The maximum Gasteiger partial charge on any atom is 0.328 e. The Morgan fingerprint density at radius 3 is 2.06 bits per heavy atom. The molecule has 92 valence electrons. The smallest absolute Gasteiger partial charge is 0.328 e. The molecule has 0 aliphatic carbocycles. The van der Waals surface area contributed by atoms with E-state index in [-0.39, 0.29) is 13.1 Å². The van der Waals surface area contributed by atoms with E-state index in [0.29, 0.717) is 0 Å². The van der Waals surface area contributed by atoms with Crippen molar-refractivity contribution in [2.75, 3.05) is 13.1 Å². The Bertz CT molecular complexity index is 294. The van der Waals surface area contributed by atoms with E-state index in [9.17, 15) is 19.8 Å². The van der Waals surface area contributed by atoms with Crippen LogP contribution in [0.25, 0.3) is 0 Å². The van der Waals surface area contributed by atoms with Crippen LogP contribution in [0.5, 0.6) is 0 Å². The normalized spacial score (nSPS) is 25.6. The van der Waals surface area contributed by atoms with Gasteiger partial charge in [-0.05, 0) is 13.8 Å². The zero-order valence-electron chi connectivity index (χ0n) is 9.17. The lowest BCUT2D eigenvalue weighted by atomic mass is 10.1. The Morgan fingerprint density at radius 2 is 1.69 bits per heavy atom. The van der Waals surface area contributed by atoms with Gasteiger partial charge in [0.25, 0.3) is 0 Å². The van der Waals surface area contributed by atoms with Gasteiger partial charge in [0.05, 0.1) is 25.3 Å². The van der Waals surface area contributed by atoms with Crippen LogP contribution in [0.15, 0.2) is 0 Å². The van der Waals surface area contributed by atoms with Crippen LogP contribution < -0.4 is 5.32 Å². The number of urea groups is 1. The summed E-state index contributed by atoms with van der Waals surface area (Å²) < 4.78 is 0. The van der Waals surface area contributed by atoms with Gasteiger partial charge >= 0.3 is 12.0 Å². The maximum atomic E-state index is 11.6. The Hall–Kier alpha value is -1.34. The summed E-state index contributed by atoms with van der Waals surface area (Å²) in [6, 6.07) is -0.608. The van der Waals surface area contributed by atoms with E-state index in [1.807, 2.05) is 0 Å². The Balaban J connectivity index is 2.57. The number of carboxylic acids is 1. The third-order valence-electron chi connectivity index (χ3n) is 2.50. The van der Waals surface area contributed by atoms with E-state index in [0.717, 1.165) is 0 Å². The number of likely N-dealkylation sites (tertiary alicyclic amines) is 1. The highest BCUT2D eigenvalue weighted by Gasteiger charge is 2.36. The second kappa shape index (κ2) is 4.26. The molecule has 1 rings (SSSR count). The molecule has 0 aromatic heterocycles. The standard InChI is InChI=1S/C9H16N2O5/c1-9(2,7(14)15)10-8(16)11-3-5(12)6(13)4-11/h5-6,12-13H,3-4H2,1-2H3,(H,10,16)(H,14,15). The molecule has 0 aromatic carbocycles. The molecule has 16 heavy (non-hydrogen) atoms. The van der Waals surface area contributed by atoms with Crippen LogP contribution in [-0.2, 0) is 4.79 Å². The number of hydrogen-bond acceptors (Lipinski definition) is 4. The van der Waals surface area contributed by atoms with E-state index in [4.69, 9.17) is 5.11 Å². The number of hydrogen-bond donors (Lipinski definition) is 4. The summed E-state index contributed by atoms with van der Waals surface area (Å²) in [4.78, 5) is 23.5. The van der Waals surface area contributed by atoms with Crippen molar-refractivity contribution < 1.29 is 24.9 Å². The van der Waals surface area contributed by atoms with E-state index in [1.165, 1.54) is 18.7 Å². The highest BCUT2D eigenvalue weighted by atomic mass is 16.4. The van der Waals surface area contributed by atoms with Crippen LogP contribution in [0.3, 0.4) is 0 Å². The summed E-state index contributed by atoms with van der Waals surface area (Å²) in [6.07, 6.45) is -1.95. The first-order valence-electron chi connectivity index (χ1n) is 4.90. The summed E-state index contributed by atoms with van der Waals surface area (Å²) in [5, 5.41) is 29.6. The van der Waals surface area contributed by atoms with E-state index in [2.05, 4.69) is 5.32 Å². The lowest BCUT2D eigenvalue weighted by Gasteiger charge is -2.25. The van der Waals surface area contributed by atoms with Crippen LogP contribution >= 0.6 is 0 Å². The molecule has 0 spiro atoms. The maximum absolute atomic E-state index is 11.6. The second-order valence-corrected chi connectivity index (χ2v) is 4.40. The van der Waals surface area contributed by atoms with Crippen LogP contribution in [0.2, 0.25) is 0 Å². The van der Waals surface area contributed by atoms with Crippen LogP contribution in [0, 0.1) is 0 Å². The number of carbonyl (C=O) groups is 2. The second-order valence-electron chi connectivity index (χ2n) is 4.40. The molecule has 1 heterocycles. The van der Waals surface area contributed by atoms with Crippen molar-refractivity contribution in [2.24, 2.45) is 0 Å². The largest absolute Gasteiger partial charge is 0.480 e. The lowest BCUT2D eigenvalue weighted by molar-refractivity contribution is -0.143. The van der Waals surface area contributed by atoms with Gasteiger partial charge in [-0.1, -0.05) is 0 Å². The van der Waals surface area contributed by atoms with E-state index in [1.54, 1.807) is 0 Å². The van der Waals surface area contributed by atoms with Crippen LogP contribution in [0.4, 0.5) is 4.79 Å². The average Bonchev–Trinajstić information content (AvgIpc) is 2.46. The highest BCUT2D eigenvalue weighted by Crippen LogP contribution is 2.11. The van der Waals surface area contributed by atoms with Gasteiger partial charge in [-0.2, -0.15) is 0 Å². The molecular formula is C9H16N2O5. The predicted molar refractivity (Wildman–Crippen MR) is 53.8 cm³/mol. The van der Waals surface area contributed by atoms with Crippen molar-refractivity contribution in [3.63, 3.8) is 0 Å². The Labute approximate surface area is 92.7 Å².